The Morgan fingerprint density at radius 1 is 1.42 bits per heavy atom. The number of para-hydroxylation sites is 1. The van der Waals surface area contributed by atoms with Crippen LogP contribution in [0.5, 0.6) is 0 Å². The molecule has 1 aromatic rings. The van der Waals surface area contributed by atoms with Gasteiger partial charge in [0.1, 0.15) is 6.29 Å². The van der Waals surface area contributed by atoms with Crippen molar-refractivity contribution in [3.8, 4) is 0 Å². The Hall–Kier alpha value is -0.880. The highest BCUT2D eigenvalue weighted by Gasteiger charge is 2.06. The summed E-state index contributed by atoms with van der Waals surface area (Å²) in [5.74, 6) is 0. The number of nitrogens with zero attached hydrogens (tertiary/aromatic N) is 1. The molecule has 1 aromatic carbocycles. The van der Waals surface area contributed by atoms with Crippen LogP contribution in [0, 0.1) is 0 Å². The van der Waals surface area contributed by atoms with Crippen LogP contribution < -0.4 is 4.67 Å². The van der Waals surface area contributed by atoms with Gasteiger partial charge in [-0.25, -0.2) is 0 Å². The predicted octanol–water partition coefficient (Wildman–Crippen LogP) is 1.87. The van der Waals surface area contributed by atoms with Gasteiger partial charge in [0, 0.05) is 5.69 Å². The van der Waals surface area contributed by atoms with Gasteiger partial charge in [-0.15, -0.1) is 0 Å². The summed E-state index contributed by atoms with van der Waals surface area (Å²) in [6, 6.07) is 9.68. The van der Waals surface area contributed by atoms with Crippen molar-refractivity contribution in [3.63, 3.8) is 0 Å². The largest absolute Gasteiger partial charge is 0.346 e. The lowest BCUT2D eigenvalue weighted by atomic mass is 10.3. The molecule has 0 fully saturated rings. The summed E-state index contributed by atoms with van der Waals surface area (Å²) in [5.41, 5.74) is 1.03. The average Bonchev–Trinajstić information content (AvgIpc) is 2.17. The fraction of sp³-hybridized carbons (Fsp3) is 0.222. The first kappa shape index (κ1) is 9.21. The molecule has 2 nitrogen and oxygen atoms in total. The van der Waals surface area contributed by atoms with E-state index in [2.05, 4.69) is 9.39 Å². The van der Waals surface area contributed by atoms with E-state index in [0.29, 0.717) is 0 Å². The smallest absolute Gasteiger partial charge is 0.142 e. The van der Waals surface area contributed by atoms with Crippen LogP contribution in [-0.2, 0) is 4.79 Å². The second-order valence-corrected chi connectivity index (χ2v) is 3.18. The summed E-state index contributed by atoms with van der Waals surface area (Å²) in [5, 5.41) is 0. The maximum Gasteiger partial charge on any atom is 0.142 e. The minimum Gasteiger partial charge on any atom is -0.346 e. The van der Waals surface area contributed by atoms with Crippen LogP contribution in [0.25, 0.3) is 0 Å². The summed E-state index contributed by atoms with van der Waals surface area (Å²) in [4.78, 5) is 10.5. The molecule has 12 heavy (non-hydrogen) atoms. The number of hydrogen-bond acceptors (Lipinski definition) is 2. The second kappa shape index (κ2) is 4.22. The molecule has 1 unspecified atom stereocenters. The first-order chi connectivity index (χ1) is 5.75. The SMILES string of the molecule is C[C@@H](C=O)N(P)c1ccccc1. The van der Waals surface area contributed by atoms with Crippen LogP contribution in [-0.4, -0.2) is 12.3 Å². The highest BCUT2D eigenvalue weighted by Crippen LogP contribution is 2.19. The van der Waals surface area contributed by atoms with Gasteiger partial charge in [0.15, 0.2) is 0 Å². The van der Waals surface area contributed by atoms with Crippen LogP contribution in [0.2, 0.25) is 0 Å². The number of aldehydes is 1. The second-order valence-electron chi connectivity index (χ2n) is 2.62. The van der Waals surface area contributed by atoms with Crippen molar-refractivity contribution in [2.45, 2.75) is 13.0 Å². The van der Waals surface area contributed by atoms with Crippen molar-refractivity contribution < 1.29 is 4.79 Å². The zero-order valence-corrected chi connectivity index (χ0v) is 8.13. The topological polar surface area (TPSA) is 20.3 Å². The van der Waals surface area contributed by atoms with E-state index in [1.165, 1.54) is 0 Å². The van der Waals surface area contributed by atoms with Crippen LogP contribution in [0.15, 0.2) is 30.3 Å². The lowest BCUT2D eigenvalue weighted by Crippen LogP contribution is -2.23. The molecule has 0 saturated carbocycles. The van der Waals surface area contributed by atoms with E-state index in [9.17, 15) is 4.79 Å². The van der Waals surface area contributed by atoms with Crippen molar-refractivity contribution in [3.05, 3.63) is 30.3 Å². The summed E-state index contributed by atoms with van der Waals surface area (Å²) in [7, 11) is 2.53. The minimum atomic E-state index is -0.0996. The average molecular weight is 181 g/mol. The normalized spacial score (nSPS) is 12.2. The van der Waals surface area contributed by atoms with Gasteiger partial charge < -0.3 is 9.46 Å². The van der Waals surface area contributed by atoms with E-state index in [1.807, 2.05) is 41.9 Å². The number of rotatable bonds is 3. The van der Waals surface area contributed by atoms with Gasteiger partial charge >= 0.3 is 0 Å². The Morgan fingerprint density at radius 3 is 2.50 bits per heavy atom. The highest BCUT2D eigenvalue weighted by atomic mass is 31.0. The van der Waals surface area contributed by atoms with Crippen molar-refractivity contribution >= 4 is 21.4 Å². The summed E-state index contributed by atoms with van der Waals surface area (Å²) in [6.07, 6.45) is 0.917. The molecule has 2 atom stereocenters. The molecule has 0 spiro atoms. The van der Waals surface area contributed by atoms with Crippen molar-refractivity contribution in [1.82, 2.24) is 0 Å². The molecule has 0 aliphatic rings. The van der Waals surface area contributed by atoms with Crippen molar-refractivity contribution in [2.24, 2.45) is 0 Å². The fourth-order valence-corrected chi connectivity index (χ4v) is 1.14. The third-order valence-corrected chi connectivity index (χ3v) is 2.46. The molecule has 0 heterocycles. The lowest BCUT2D eigenvalue weighted by molar-refractivity contribution is -0.108. The third-order valence-electron chi connectivity index (χ3n) is 1.69. The molecule has 0 bridgehead atoms. The Morgan fingerprint density at radius 2 is 2.00 bits per heavy atom. The van der Waals surface area contributed by atoms with Crippen LogP contribution >= 0.6 is 9.39 Å². The van der Waals surface area contributed by atoms with Crippen LogP contribution in [0.1, 0.15) is 6.92 Å². The standard InChI is InChI=1S/C9H12NOP/c1-8(7-11)10(12)9-5-3-2-4-6-9/h2-8H,12H2,1H3/t8-/m0/s1. The Balaban J connectivity index is 2.78. The van der Waals surface area contributed by atoms with Gasteiger partial charge in [-0.1, -0.05) is 18.2 Å². The zero-order valence-electron chi connectivity index (χ0n) is 6.97. The fourth-order valence-electron chi connectivity index (χ4n) is 0.901. The van der Waals surface area contributed by atoms with E-state index < -0.39 is 0 Å². The molecule has 0 aromatic heterocycles. The predicted molar refractivity (Wildman–Crippen MR) is 54.2 cm³/mol. The summed E-state index contributed by atoms with van der Waals surface area (Å²) >= 11 is 0. The zero-order chi connectivity index (χ0) is 8.97. The summed E-state index contributed by atoms with van der Waals surface area (Å²) in [6.45, 7) is 1.85. The van der Waals surface area contributed by atoms with Gasteiger partial charge in [0.25, 0.3) is 0 Å². The molecule has 0 aliphatic heterocycles. The first-order valence-corrected chi connectivity index (χ1v) is 4.31. The van der Waals surface area contributed by atoms with Gasteiger partial charge in [0.2, 0.25) is 0 Å². The molecular formula is C9H12NOP. The molecule has 1 rings (SSSR count). The Kier molecular flexibility index (Phi) is 3.24. The molecule has 0 radical (unpaired) electrons. The van der Waals surface area contributed by atoms with Gasteiger partial charge in [0.05, 0.1) is 6.04 Å². The number of hydrogen-bond donors (Lipinski definition) is 0. The number of carbonyl (C=O) groups is 1. The van der Waals surface area contributed by atoms with Crippen LogP contribution in [0.4, 0.5) is 5.69 Å². The molecule has 3 heteroatoms. The minimum absolute atomic E-state index is 0.0996. The molecule has 0 aliphatic carbocycles. The Bertz CT molecular complexity index is 250. The van der Waals surface area contributed by atoms with Gasteiger partial charge in [-0.2, -0.15) is 0 Å². The number of anilines is 1. The van der Waals surface area contributed by atoms with Gasteiger partial charge in [-0.3, -0.25) is 0 Å². The Labute approximate surface area is 74.8 Å². The summed E-state index contributed by atoms with van der Waals surface area (Å²) < 4.78 is 1.85. The van der Waals surface area contributed by atoms with Crippen LogP contribution in [0.3, 0.4) is 0 Å². The maximum atomic E-state index is 10.5. The van der Waals surface area contributed by atoms with Crippen molar-refractivity contribution in [1.29, 1.82) is 0 Å². The third kappa shape index (κ3) is 2.05. The number of carbonyl (C=O) groups excluding carboxylic acids is 1. The van der Waals surface area contributed by atoms with Crippen molar-refractivity contribution in [2.75, 3.05) is 4.67 Å². The van der Waals surface area contributed by atoms with E-state index >= 15 is 0 Å². The quantitative estimate of drug-likeness (QED) is 0.524. The van der Waals surface area contributed by atoms with Gasteiger partial charge in [-0.05, 0) is 28.4 Å². The monoisotopic (exact) mass is 181 g/mol. The van der Waals surface area contributed by atoms with E-state index in [1.54, 1.807) is 0 Å². The van der Waals surface area contributed by atoms with E-state index in [-0.39, 0.29) is 6.04 Å². The highest BCUT2D eigenvalue weighted by molar-refractivity contribution is 7.19. The molecule has 0 N–H and O–H groups in total. The maximum absolute atomic E-state index is 10.5. The molecule has 64 valence electrons. The molecule has 0 saturated heterocycles. The molecule has 0 amide bonds. The van der Waals surface area contributed by atoms with E-state index in [4.69, 9.17) is 0 Å². The molecular weight excluding hydrogens is 169 g/mol. The number of benzene rings is 1. The first-order valence-electron chi connectivity index (χ1n) is 3.80. The van der Waals surface area contributed by atoms with E-state index in [0.717, 1.165) is 12.0 Å². The lowest BCUT2D eigenvalue weighted by Gasteiger charge is -2.21.